The molecule has 0 atom stereocenters. The zero-order valence-electron chi connectivity index (χ0n) is 14.5. The summed E-state index contributed by atoms with van der Waals surface area (Å²) in [4.78, 5) is 2.66. The Hall–Kier alpha value is -1.85. The Kier molecular flexibility index (Phi) is 4.65. The lowest BCUT2D eigenvalue weighted by molar-refractivity contribution is 0.384. The van der Waals surface area contributed by atoms with Crippen LogP contribution in [0.5, 0.6) is 0 Å². The van der Waals surface area contributed by atoms with Gasteiger partial charge in [0.1, 0.15) is 0 Å². The van der Waals surface area contributed by atoms with Crippen molar-refractivity contribution in [2.24, 2.45) is 0 Å². The van der Waals surface area contributed by atoms with Gasteiger partial charge in [-0.25, -0.2) is 8.42 Å². The summed E-state index contributed by atoms with van der Waals surface area (Å²) in [7, 11) is -3.40. The van der Waals surface area contributed by atoms with Crippen LogP contribution in [-0.2, 0) is 10.0 Å². The van der Waals surface area contributed by atoms with Crippen LogP contribution >= 0.6 is 0 Å². The molecule has 0 radical (unpaired) electrons. The molecule has 0 N–H and O–H groups in total. The van der Waals surface area contributed by atoms with E-state index < -0.39 is 10.0 Å². The number of sulfonamides is 1. The molecule has 0 amide bonds. The van der Waals surface area contributed by atoms with Crippen molar-refractivity contribution in [3.8, 4) is 0 Å². The first-order valence-electron chi connectivity index (χ1n) is 8.27. The predicted molar refractivity (Wildman–Crippen MR) is 98.1 cm³/mol. The smallest absolute Gasteiger partial charge is 0.243 e. The van der Waals surface area contributed by atoms with Crippen LogP contribution in [0.1, 0.15) is 16.7 Å². The third kappa shape index (κ3) is 3.32. The maximum atomic E-state index is 12.8. The fraction of sp³-hybridized carbons (Fsp3) is 0.368. The first-order valence-corrected chi connectivity index (χ1v) is 9.71. The Balaban J connectivity index is 1.75. The third-order valence-electron chi connectivity index (χ3n) is 4.60. The molecule has 1 fully saturated rings. The minimum Gasteiger partial charge on any atom is -0.369 e. The van der Waals surface area contributed by atoms with Gasteiger partial charge in [-0.2, -0.15) is 4.31 Å². The summed E-state index contributed by atoms with van der Waals surface area (Å²) >= 11 is 0. The Bertz CT molecular complexity index is 821. The van der Waals surface area contributed by atoms with Gasteiger partial charge in [0.2, 0.25) is 10.0 Å². The van der Waals surface area contributed by atoms with E-state index in [9.17, 15) is 8.42 Å². The summed E-state index contributed by atoms with van der Waals surface area (Å²) in [6.07, 6.45) is 0. The van der Waals surface area contributed by atoms with Crippen LogP contribution in [-0.4, -0.2) is 38.9 Å². The van der Waals surface area contributed by atoms with Crippen LogP contribution in [0.15, 0.2) is 47.4 Å². The van der Waals surface area contributed by atoms with E-state index in [-0.39, 0.29) is 0 Å². The number of rotatable bonds is 3. The minimum atomic E-state index is -3.40. The molecule has 0 aromatic heterocycles. The van der Waals surface area contributed by atoms with Crippen LogP contribution in [0.2, 0.25) is 0 Å². The predicted octanol–water partition coefficient (Wildman–Crippen LogP) is 3.12. The summed E-state index contributed by atoms with van der Waals surface area (Å²) in [6, 6.07) is 13.5. The number of hydrogen-bond donors (Lipinski definition) is 0. The van der Waals surface area contributed by atoms with E-state index >= 15 is 0 Å². The van der Waals surface area contributed by atoms with Gasteiger partial charge in [-0.15, -0.1) is 0 Å². The van der Waals surface area contributed by atoms with Crippen molar-refractivity contribution in [3.63, 3.8) is 0 Å². The fourth-order valence-electron chi connectivity index (χ4n) is 3.09. The average molecular weight is 344 g/mol. The van der Waals surface area contributed by atoms with Crippen LogP contribution in [0.25, 0.3) is 0 Å². The van der Waals surface area contributed by atoms with E-state index in [1.807, 2.05) is 19.1 Å². The molecule has 1 aliphatic heterocycles. The van der Waals surface area contributed by atoms with Crippen molar-refractivity contribution >= 4 is 15.7 Å². The molecular weight excluding hydrogens is 320 g/mol. The Morgan fingerprint density at radius 1 is 0.792 bits per heavy atom. The largest absolute Gasteiger partial charge is 0.369 e. The van der Waals surface area contributed by atoms with Crippen LogP contribution < -0.4 is 4.90 Å². The van der Waals surface area contributed by atoms with Gasteiger partial charge in [-0.1, -0.05) is 29.8 Å². The van der Waals surface area contributed by atoms with E-state index in [4.69, 9.17) is 0 Å². The fourth-order valence-corrected chi connectivity index (χ4v) is 4.51. The van der Waals surface area contributed by atoms with Gasteiger partial charge in [-0.3, -0.25) is 0 Å². The lowest BCUT2D eigenvalue weighted by Gasteiger charge is -2.36. The molecule has 1 aliphatic rings. The van der Waals surface area contributed by atoms with Gasteiger partial charge in [0, 0.05) is 31.9 Å². The summed E-state index contributed by atoms with van der Waals surface area (Å²) in [5.74, 6) is 0. The normalized spacial score (nSPS) is 16.4. The second-order valence-corrected chi connectivity index (χ2v) is 8.43. The Morgan fingerprint density at radius 3 is 2.00 bits per heavy atom. The summed E-state index contributed by atoms with van der Waals surface area (Å²) in [5, 5.41) is 0. The SMILES string of the molecule is Cc1ccc(S(=O)(=O)N2CCN(c3cc(C)ccc3C)CC2)cc1. The first-order chi connectivity index (χ1) is 11.4. The maximum Gasteiger partial charge on any atom is 0.243 e. The van der Waals surface area contributed by atoms with Crippen LogP contribution in [0.3, 0.4) is 0 Å². The molecule has 2 aromatic rings. The van der Waals surface area contributed by atoms with Gasteiger partial charge >= 0.3 is 0 Å². The van der Waals surface area contributed by atoms with Gasteiger partial charge in [-0.05, 0) is 50.1 Å². The molecule has 4 nitrogen and oxygen atoms in total. The minimum absolute atomic E-state index is 0.383. The average Bonchev–Trinajstić information content (AvgIpc) is 2.57. The second kappa shape index (κ2) is 6.57. The Morgan fingerprint density at radius 2 is 1.38 bits per heavy atom. The van der Waals surface area contributed by atoms with Crippen molar-refractivity contribution in [2.75, 3.05) is 31.1 Å². The van der Waals surface area contributed by atoms with E-state index in [0.29, 0.717) is 18.0 Å². The molecule has 0 spiro atoms. The zero-order valence-corrected chi connectivity index (χ0v) is 15.3. The number of benzene rings is 2. The van der Waals surface area contributed by atoms with E-state index in [1.165, 1.54) is 16.8 Å². The molecular formula is C19H24N2O2S. The van der Waals surface area contributed by atoms with Gasteiger partial charge in [0.05, 0.1) is 4.90 Å². The van der Waals surface area contributed by atoms with Gasteiger partial charge in [0.15, 0.2) is 0 Å². The van der Waals surface area contributed by atoms with Crippen LogP contribution in [0.4, 0.5) is 5.69 Å². The second-order valence-electron chi connectivity index (χ2n) is 6.49. The van der Waals surface area contributed by atoms with E-state index in [0.717, 1.165) is 18.7 Å². The summed E-state index contributed by atoms with van der Waals surface area (Å²) in [6.45, 7) is 8.61. The number of aryl methyl sites for hydroxylation is 3. The molecule has 1 heterocycles. The quantitative estimate of drug-likeness (QED) is 0.859. The maximum absolute atomic E-state index is 12.8. The number of nitrogens with zero attached hydrogens (tertiary/aromatic N) is 2. The molecule has 5 heteroatoms. The highest BCUT2D eigenvalue weighted by Gasteiger charge is 2.28. The van der Waals surface area contributed by atoms with Gasteiger partial charge < -0.3 is 4.90 Å². The third-order valence-corrected chi connectivity index (χ3v) is 6.52. The highest BCUT2D eigenvalue weighted by molar-refractivity contribution is 7.89. The van der Waals surface area contributed by atoms with Crippen molar-refractivity contribution in [1.82, 2.24) is 4.31 Å². The molecule has 0 saturated carbocycles. The molecule has 24 heavy (non-hydrogen) atoms. The molecule has 3 rings (SSSR count). The monoisotopic (exact) mass is 344 g/mol. The topological polar surface area (TPSA) is 40.6 Å². The van der Waals surface area contributed by atoms with Crippen molar-refractivity contribution < 1.29 is 8.42 Å². The lowest BCUT2D eigenvalue weighted by atomic mass is 10.1. The van der Waals surface area contributed by atoms with Crippen molar-refractivity contribution in [3.05, 3.63) is 59.2 Å². The number of hydrogen-bond acceptors (Lipinski definition) is 3. The highest BCUT2D eigenvalue weighted by Crippen LogP contribution is 2.25. The summed E-state index contributed by atoms with van der Waals surface area (Å²) in [5.41, 5.74) is 4.73. The standard InChI is InChI=1S/C19H24N2O2S/c1-15-5-8-18(9-6-15)24(22,23)21-12-10-20(11-13-21)19-14-16(2)4-7-17(19)3/h4-9,14H,10-13H2,1-3H3. The molecule has 0 aliphatic carbocycles. The number of anilines is 1. The molecule has 2 aromatic carbocycles. The molecule has 0 bridgehead atoms. The lowest BCUT2D eigenvalue weighted by Crippen LogP contribution is -2.48. The van der Waals surface area contributed by atoms with E-state index in [2.05, 4.69) is 36.9 Å². The molecule has 1 saturated heterocycles. The summed E-state index contributed by atoms with van der Waals surface area (Å²) < 4.78 is 27.1. The highest BCUT2D eigenvalue weighted by atomic mass is 32.2. The van der Waals surface area contributed by atoms with Crippen molar-refractivity contribution in [1.29, 1.82) is 0 Å². The Labute approximate surface area is 144 Å². The van der Waals surface area contributed by atoms with Crippen LogP contribution in [0, 0.1) is 20.8 Å². The number of piperazine rings is 1. The van der Waals surface area contributed by atoms with E-state index in [1.54, 1.807) is 16.4 Å². The zero-order chi connectivity index (χ0) is 17.3. The first kappa shape index (κ1) is 17.0. The molecule has 128 valence electrons. The molecule has 0 unspecified atom stereocenters. The van der Waals surface area contributed by atoms with Gasteiger partial charge in [0.25, 0.3) is 0 Å². The van der Waals surface area contributed by atoms with Crippen molar-refractivity contribution in [2.45, 2.75) is 25.7 Å².